The van der Waals surface area contributed by atoms with Gasteiger partial charge in [0.1, 0.15) is 5.75 Å². The highest BCUT2D eigenvalue weighted by atomic mass is 16.5. The monoisotopic (exact) mass is 257 g/mol. The van der Waals surface area contributed by atoms with Crippen LogP contribution in [-0.2, 0) is 0 Å². The van der Waals surface area contributed by atoms with E-state index in [-0.39, 0.29) is 0 Å². The third-order valence-corrected chi connectivity index (χ3v) is 4.96. The summed E-state index contributed by atoms with van der Waals surface area (Å²) < 4.78 is 7.58. The normalized spacial score (nSPS) is 29.2. The van der Waals surface area contributed by atoms with Crippen molar-refractivity contribution in [1.82, 2.24) is 9.55 Å². The number of anilines is 1. The fraction of sp³-hybridized carbons (Fsp3) is 0.533. The van der Waals surface area contributed by atoms with Crippen LogP contribution < -0.4 is 10.5 Å². The van der Waals surface area contributed by atoms with Crippen LogP contribution >= 0.6 is 0 Å². The summed E-state index contributed by atoms with van der Waals surface area (Å²) in [7, 11) is 1.70. The van der Waals surface area contributed by atoms with Crippen molar-refractivity contribution in [2.24, 2.45) is 11.8 Å². The molecule has 2 bridgehead atoms. The van der Waals surface area contributed by atoms with E-state index in [9.17, 15) is 0 Å². The first-order chi connectivity index (χ1) is 9.26. The van der Waals surface area contributed by atoms with Crippen molar-refractivity contribution in [2.45, 2.75) is 31.7 Å². The summed E-state index contributed by atoms with van der Waals surface area (Å²) in [6.45, 7) is 0. The molecule has 2 aliphatic rings. The summed E-state index contributed by atoms with van der Waals surface area (Å²) in [6.07, 6.45) is 5.38. The van der Waals surface area contributed by atoms with E-state index in [0.29, 0.717) is 12.0 Å². The first-order valence-corrected chi connectivity index (χ1v) is 7.07. The van der Waals surface area contributed by atoms with Crippen LogP contribution in [0.3, 0.4) is 0 Å². The number of imidazole rings is 1. The molecule has 4 rings (SSSR count). The lowest BCUT2D eigenvalue weighted by atomic mass is 9.95. The maximum absolute atomic E-state index is 6.17. The van der Waals surface area contributed by atoms with E-state index in [4.69, 9.17) is 10.5 Å². The lowest BCUT2D eigenvalue weighted by Gasteiger charge is -2.24. The lowest BCUT2D eigenvalue weighted by Crippen LogP contribution is -2.17. The molecular formula is C15H19N3O. The minimum absolute atomic E-state index is 0.538. The highest BCUT2D eigenvalue weighted by Gasteiger charge is 2.41. The van der Waals surface area contributed by atoms with Gasteiger partial charge < -0.3 is 15.0 Å². The molecule has 2 fully saturated rings. The Morgan fingerprint density at radius 2 is 2.21 bits per heavy atom. The van der Waals surface area contributed by atoms with Crippen LogP contribution in [0.5, 0.6) is 5.75 Å². The van der Waals surface area contributed by atoms with Crippen molar-refractivity contribution < 1.29 is 4.74 Å². The summed E-state index contributed by atoms with van der Waals surface area (Å²) in [5.41, 5.74) is 8.26. The fourth-order valence-corrected chi connectivity index (χ4v) is 4.09. The number of nitrogens with zero attached hydrogens (tertiary/aromatic N) is 2. The number of benzene rings is 1. The molecule has 2 saturated carbocycles. The van der Waals surface area contributed by atoms with Crippen LogP contribution in [0.4, 0.5) is 5.95 Å². The first kappa shape index (κ1) is 11.1. The Hall–Kier alpha value is -1.71. The zero-order chi connectivity index (χ0) is 13.0. The number of hydrogen-bond donors (Lipinski definition) is 1. The summed E-state index contributed by atoms with van der Waals surface area (Å²) in [4.78, 5) is 4.50. The number of nitrogens with two attached hydrogens (primary N) is 1. The molecule has 0 spiro atoms. The molecular weight excluding hydrogens is 238 g/mol. The van der Waals surface area contributed by atoms with Gasteiger partial charge in [-0.3, -0.25) is 0 Å². The van der Waals surface area contributed by atoms with Gasteiger partial charge >= 0.3 is 0 Å². The Kier molecular flexibility index (Phi) is 2.28. The van der Waals surface area contributed by atoms with Crippen molar-refractivity contribution in [1.29, 1.82) is 0 Å². The van der Waals surface area contributed by atoms with E-state index in [0.717, 1.165) is 28.6 Å². The van der Waals surface area contributed by atoms with Gasteiger partial charge in [-0.1, -0.05) is 6.42 Å². The van der Waals surface area contributed by atoms with E-state index in [2.05, 4.69) is 15.6 Å². The molecule has 0 aliphatic heterocycles. The Labute approximate surface area is 112 Å². The van der Waals surface area contributed by atoms with Gasteiger partial charge in [0, 0.05) is 12.1 Å². The Morgan fingerprint density at radius 1 is 1.32 bits per heavy atom. The van der Waals surface area contributed by atoms with Crippen LogP contribution in [0.1, 0.15) is 31.7 Å². The quantitative estimate of drug-likeness (QED) is 0.899. The van der Waals surface area contributed by atoms with Gasteiger partial charge in [0.25, 0.3) is 0 Å². The molecule has 0 radical (unpaired) electrons. The maximum Gasteiger partial charge on any atom is 0.201 e. The largest absolute Gasteiger partial charge is 0.497 e. The fourth-order valence-electron chi connectivity index (χ4n) is 4.09. The van der Waals surface area contributed by atoms with Gasteiger partial charge in [-0.05, 0) is 43.2 Å². The van der Waals surface area contributed by atoms with Crippen molar-refractivity contribution in [3.8, 4) is 5.75 Å². The number of nitrogen functional groups attached to an aromatic ring is 1. The predicted molar refractivity (Wildman–Crippen MR) is 75.2 cm³/mol. The second-order valence-electron chi connectivity index (χ2n) is 5.94. The van der Waals surface area contributed by atoms with E-state index < -0.39 is 0 Å². The predicted octanol–water partition coefficient (Wildman–Crippen LogP) is 2.99. The minimum Gasteiger partial charge on any atom is -0.497 e. The average Bonchev–Trinajstić information content (AvgIpc) is 3.09. The second-order valence-corrected chi connectivity index (χ2v) is 5.94. The number of rotatable bonds is 2. The van der Waals surface area contributed by atoms with Crippen molar-refractivity contribution in [3.63, 3.8) is 0 Å². The standard InChI is InChI=1S/C15H19N3O/c1-19-11-4-5-12-14(8-11)18(15(16)17-12)13-7-9-2-3-10(13)6-9/h4-5,8-10,13H,2-3,6-7H2,1H3,(H2,16,17). The van der Waals surface area contributed by atoms with Gasteiger partial charge in [0.15, 0.2) is 0 Å². The van der Waals surface area contributed by atoms with Crippen LogP contribution in [0.2, 0.25) is 0 Å². The molecule has 0 saturated heterocycles. The Balaban J connectivity index is 1.86. The first-order valence-electron chi connectivity index (χ1n) is 7.07. The number of methoxy groups -OCH3 is 1. The zero-order valence-electron chi connectivity index (χ0n) is 11.2. The smallest absolute Gasteiger partial charge is 0.201 e. The third-order valence-electron chi connectivity index (χ3n) is 4.96. The van der Waals surface area contributed by atoms with Crippen molar-refractivity contribution in [3.05, 3.63) is 18.2 Å². The van der Waals surface area contributed by atoms with Gasteiger partial charge in [0.05, 0.1) is 18.1 Å². The molecule has 100 valence electrons. The number of fused-ring (bicyclic) bond motifs is 3. The summed E-state index contributed by atoms with van der Waals surface area (Å²) in [5.74, 6) is 3.21. The van der Waals surface area contributed by atoms with Crippen LogP contribution in [0.15, 0.2) is 18.2 Å². The topological polar surface area (TPSA) is 53.1 Å². The van der Waals surface area contributed by atoms with E-state index in [1.165, 1.54) is 25.7 Å². The van der Waals surface area contributed by atoms with Crippen molar-refractivity contribution in [2.75, 3.05) is 12.8 Å². The molecule has 0 amide bonds. The van der Waals surface area contributed by atoms with Crippen LogP contribution in [0, 0.1) is 11.8 Å². The zero-order valence-corrected chi connectivity index (χ0v) is 11.2. The summed E-state index contributed by atoms with van der Waals surface area (Å²) >= 11 is 0. The van der Waals surface area contributed by atoms with E-state index in [1.54, 1.807) is 7.11 Å². The summed E-state index contributed by atoms with van der Waals surface area (Å²) in [5, 5.41) is 0. The molecule has 2 aromatic rings. The van der Waals surface area contributed by atoms with Crippen molar-refractivity contribution >= 4 is 17.0 Å². The Morgan fingerprint density at radius 3 is 2.89 bits per heavy atom. The Bertz CT molecular complexity index is 634. The molecule has 1 heterocycles. The number of hydrogen-bond acceptors (Lipinski definition) is 3. The number of aromatic nitrogens is 2. The minimum atomic E-state index is 0.538. The second kappa shape index (κ2) is 3.89. The van der Waals surface area contributed by atoms with E-state index in [1.807, 2.05) is 12.1 Å². The highest BCUT2D eigenvalue weighted by Crippen LogP contribution is 2.52. The van der Waals surface area contributed by atoms with E-state index >= 15 is 0 Å². The van der Waals surface area contributed by atoms with Crippen LogP contribution in [0.25, 0.3) is 11.0 Å². The molecule has 3 unspecified atom stereocenters. The van der Waals surface area contributed by atoms with Gasteiger partial charge in [0.2, 0.25) is 5.95 Å². The van der Waals surface area contributed by atoms with Gasteiger partial charge in [-0.15, -0.1) is 0 Å². The lowest BCUT2D eigenvalue weighted by molar-refractivity contribution is 0.339. The molecule has 4 nitrogen and oxygen atoms in total. The molecule has 1 aromatic heterocycles. The maximum atomic E-state index is 6.17. The molecule has 1 aromatic carbocycles. The van der Waals surface area contributed by atoms with Crippen LogP contribution in [-0.4, -0.2) is 16.7 Å². The highest BCUT2D eigenvalue weighted by molar-refractivity contribution is 5.80. The number of ether oxygens (including phenoxy) is 1. The molecule has 2 aliphatic carbocycles. The third kappa shape index (κ3) is 1.55. The van der Waals surface area contributed by atoms with Gasteiger partial charge in [-0.25, -0.2) is 4.98 Å². The van der Waals surface area contributed by atoms with Gasteiger partial charge in [-0.2, -0.15) is 0 Å². The summed E-state index contributed by atoms with van der Waals surface area (Å²) in [6, 6.07) is 6.54. The molecule has 3 atom stereocenters. The SMILES string of the molecule is COc1ccc2nc(N)n(C3CC4CCC3C4)c2c1. The average molecular weight is 257 g/mol. The molecule has 4 heteroatoms. The molecule has 2 N–H and O–H groups in total. The molecule has 19 heavy (non-hydrogen) atoms.